The molecule has 0 spiro atoms. The van der Waals surface area contributed by atoms with Crippen molar-refractivity contribution in [3.63, 3.8) is 0 Å². The number of anilines is 1. The number of nitrogens with one attached hydrogen (secondary N) is 2. The molecule has 2 N–H and O–H groups in total. The van der Waals surface area contributed by atoms with Crippen molar-refractivity contribution in [2.75, 3.05) is 12.4 Å². The predicted octanol–water partition coefficient (Wildman–Crippen LogP) is 3.19. The minimum atomic E-state index is -0.243. The molecule has 3 unspecified atom stereocenters. The van der Waals surface area contributed by atoms with Crippen LogP contribution in [-0.2, 0) is 4.79 Å². The molecular formula is C17H26N2O2. The van der Waals surface area contributed by atoms with Crippen LogP contribution >= 0.6 is 0 Å². The van der Waals surface area contributed by atoms with E-state index in [-0.39, 0.29) is 11.9 Å². The molecule has 0 bridgehead atoms. The van der Waals surface area contributed by atoms with Crippen LogP contribution in [0.4, 0.5) is 5.69 Å². The summed E-state index contributed by atoms with van der Waals surface area (Å²) in [5, 5.41) is 6.41. The number of benzene rings is 1. The average Bonchev–Trinajstić information content (AvgIpc) is 2.50. The molecular weight excluding hydrogens is 264 g/mol. The highest BCUT2D eigenvalue weighted by Crippen LogP contribution is 2.24. The number of rotatable bonds is 5. The normalized spacial score (nSPS) is 23.2. The number of hydrogen-bond acceptors (Lipinski definition) is 3. The van der Waals surface area contributed by atoms with E-state index in [2.05, 4.69) is 17.6 Å². The maximum Gasteiger partial charge on any atom is 0.242 e. The van der Waals surface area contributed by atoms with Crippen LogP contribution in [0.15, 0.2) is 24.3 Å². The molecule has 116 valence electrons. The molecule has 1 aliphatic carbocycles. The molecule has 1 fully saturated rings. The van der Waals surface area contributed by atoms with Crippen molar-refractivity contribution in [1.82, 2.24) is 5.32 Å². The summed E-state index contributed by atoms with van der Waals surface area (Å²) in [5.41, 5.74) is 0.926. The SMILES string of the molecule is COc1ccc(NC(C)C(=O)NC2CCCCC2C)cc1. The van der Waals surface area contributed by atoms with Gasteiger partial charge in [0.25, 0.3) is 0 Å². The molecule has 1 aliphatic rings. The van der Waals surface area contributed by atoms with E-state index >= 15 is 0 Å². The first-order chi connectivity index (χ1) is 10.1. The summed E-state index contributed by atoms with van der Waals surface area (Å²) >= 11 is 0. The standard InChI is InChI=1S/C17H26N2O2/c1-12-6-4-5-7-16(12)19-17(20)13(2)18-14-8-10-15(21-3)11-9-14/h8-13,16,18H,4-7H2,1-3H3,(H,19,20). The predicted molar refractivity (Wildman–Crippen MR) is 85.6 cm³/mol. The first kappa shape index (κ1) is 15.7. The van der Waals surface area contributed by atoms with Gasteiger partial charge in [-0.15, -0.1) is 0 Å². The summed E-state index contributed by atoms with van der Waals surface area (Å²) in [6.07, 6.45) is 4.82. The maximum atomic E-state index is 12.3. The molecule has 4 nitrogen and oxygen atoms in total. The van der Waals surface area contributed by atoms with Gasteiger partial charge in [-0.05, 0) is 49.9 Å². The first-order valence-electron chi connectivity index (χ1n) is 7.81. The smallest absolute Gasteiger partial charge is 0.242 e. The summed E-state index contributed by atoms with van der Waals surface area (Å²) in [6, 6.07) is 7.70. The fraction of sp³-hybridized carbons (Fsp3) is 0.588. The zero-order valence-corrected chi connectivity index (χ0v) is 13.2. The summed E-state index contributed by atoms with van der Waals surface area (Å²) < 4.78 is 5.13. The largest absolute Gasteiger partial charge is 0.497 e. The number of methoxy groups -OCH3 is 1. The van der Waals surface area contributed by atoms with E-state index in [9.17, 15) is 4.79 Å². The van der Waals surface area contributed by atoms with E-state index in [4.69, 9.17) is 4.74 Å². The Kier molecular flexibility index (Phi) is 5.48. The van der Waals surface area contributed by atoms with Crippen LogP contribution in [-0.4, -0.2) is 25.1 Å². The quantitative estimate of drug-likeness (QED) is 0.875. The van der Waals surface area contributed by atoms with Gasteiger partial charge >= 0.3 is 0 Å². The fourth-order valence-corrected chi connectivity index (χ4v) is 2.84. The van der Waals surface area contributed by atoms with Gasteiger partial charge in [-0.2, -0.15) is 0 Å². The van der Waals surface area contributed by atoms with E-state index in [0.717, 1.165) is 17.9 Å². The van der Waals surface area contributed by atoms with Gasteiger partial charge in [-0.1, -0.05) is 19.8 Å². The zero-order valence-electron chi connectivity index (χ0n) is 13.2. The van der Waals surface area contributed by atoms with Crippen LogP contribution < -0.4 is 15.4 Å². The van der Waals surface area contributed by atoms with Crippen LogP contribution in [0.25, 0.3) is 0 Å². The van der Waals surface area contributed by atoms with Gasteiger partial charge in [-0.3, -0.25) is 4.79 Å². The lowest BCUT2D eigenvalue weighted by molar-refractivity contribution is -0.122. The second-order valence-corrected chi connectivity index (χ2v) is 5.97. The zero-order chi connectivity index (χ0) is 15.2. The highest BCUT2D eigenvalue weighted by molar-refractivity contribution is 5.84. The number of ether oxygens (including phenoxy) is 1. The molecule has 4 heteroatoms. The number of carbonyl (C=O) groups excluding carboxylic acids is 1. The maximum absolute atomic E-state index is 12.3. The van der Waals surface area contributed by atoms with Crippen molar-refractivity contribution in [2.45, 2.75) is 51.6 Å². The number of hydrogen-bond donors (Lipinski definition) is 2. The van der Waals surface area contributed by atoms with Gasteiger partial charge < -0.3 is 15.4 Å². The van der Waals surface area contributed by atoms with Crippen molar-refractivity contribution < 1.29 is 9.53 Å². The van der Waals surface area contributed by atoms with Crippen molar-refractivity contribution in [1.29, 1.82) is 0 Å². The molecule has 1 aromatic rings. The van der Waals surface area contributed by atoms with E-state index in [1.807, 2.05) is 31.2 Å². The van der Waals surface area contributed by atoms with Gasteiger partial charge in [0.05, 0.1) is 7.11 Å². The monoisotopic (exact) mass is 290 g/mol. The average molecular weight is 290 g/mol. The lowest BCUT2D eigenvalue weighted by Gasteiger charge is -2.30. The van der Waals surface area contributed by atoms with Crippen molar-refractivity contribution in [3.05, 3.63) is 24.3 Å². The molecule has 1 aromatic carbocycles. The van der Waals surface area contributed by atoms with E-state index in [0.29, 0.717) is 12.0 Å². The molecule has 0 saturated heterocycles. The Bertz CT molecular complexity index is 458. The third-order valence-corrected chi connectivity index (χ3v) is 4.31. The summed E-state index contributed by atoms with van der Waals surface area (Å²) in [6.45, 7) is 4.12. The number of carbonyl (C=O) groups is 1. The van der Waals surface area contributed by atoms with Crippen LogP contribution in [0.5, 0.6) is 5.75 Å². The Balaban J connectivity index is 1.86. The van der Waals surface area contributed by atoms with Gasteiger partial charge in [0, 0.05) is 11.7 Å². The summed E-state index contributed by atoms with van der Waals surface area (Å²) in [4.78, 5) is 12.3. The third kappa shape index (κ3) is 4.38. The highest BCUT2D eigenvalue weighted by atomic mass is 16.5. The Morgan fingerprint density at radius 3 is 2.52 bits per heavy atom. The lowest BCUT2D eigenvalue weighted by atomic mass is 9.86. The highest BCUT2D eigenvalue weighted by Gasteiger charge is 2.24. The minimum Gasteiger partial charge on any atom is -0.497 e. The Morgan fingerprint density at radius 1 is 1.24 bits per heavy atom. The second-order valence-electron chi connectivity index (χ2n) is 5.97. The van der Waals surface area contributed by atoms with E-state index < -0.39 is 0 Å². The van der Waals surface area contributed by atoms with E-state index in [1.165, 1.54) is 19.3 Å². The topological polar surface area (TPSA) is 50.4 Å². The first-order valence-corrected chi connectivity index (χ1v) is 7.81. The van der Waals surface area contributed by atoms with Crippen LogP contribution in [0.3, 0.4) is 0 Å². The molecule has 1 amide bonds. The van der Waals surface area contributed by atoms with E-state index in [1.54, 1.807) is 7.11 Å². The summed E-state index contributed by atoms with van der Waals surface area (Å²) in [5.74, 6) is 1.47. The minimum absolute atomic E-state index is 0.0737. The van der Waals surface area contributed by atoms with Crippen LogP contribution in [0.1, 0.15) is 39.5 Å². The van der Waals surface area contributed by atoms with Gasteiger partial charge in [0.2, 0.25) is 5.91 Å². The van der Waals surface area contributed by atoms with Gasteiger partial charge in [-0.25, -0.2) is 0 Å². The van der Waals surface area contributed by atoms with Crippen molar-refractivity contribution in [3.8, 4) is 5.75 Å². The van der Waals surface area contributed by atoms with Gasteiger partial charge in [0.1, 0.15) is 11.8 Å². The third-order valence-electron chi connectivity index (χ3n) is 4.31. The van der Waals surface area contributed by atoms with Crippen molar-refractivity contribution in [2.24, 2.45) is 5.92 Å². The van der Waals surface area contributed by atoms with Crippen LogP contribution in [0.2, 0.25) is 0 Å². The number of amides is 1. The Hall–Kier alpha value is -1.71. The fourth-order valence-electron chi connectivity index (χ4n) is 2.84. The Morgan fingerprint density at radius 2 is 1.90 bits per heavy atom. The lowest BCUT2D eigenvalue weighted by Crippen LogP contribution is -2.46. The van der Waals surface area contributed by atoms with Crippen LogP contribution in [0, 0.1) is 5.92 Å². The summed E-state index contributed by atoms with van der Waals surface area (Å²) in [7, 11) is 1.64. The molecule has 0 heterocycles. The van der Waals surface area contributed by atoms with Crippen molar-refractivity contribution >= 4 is 11.6 Å². The molecule has 1 saturated carbocycles. The molecule has 21 heavy (non-hydrogen) atoms. The second kappa shape index (κ2) is 7.34. The van der Waals surface area contributed by atoms with Gasteiger partial charge in [0.15, 0.2) is 0 Å². The molecule has 3 atom stereocenters. The molecule has 2 rings (SSSR count). The molecule has 0 aliphatic heterocycles. The molecule has 0 radical (unpaired) electrons. The Labute approximate surface area is 127 Å². The molecule has 0 aromatic heterocycles.